The molecular formula is C12H10Cl2N2O2. The molecule has 1 N–H and O–H groups in total. The molecule has 1 aromatic heterocycles. The second-order valence-electron chi connectivity index (χ2n) is 3.87. The summed E-state index contributed by atoms with van der Waals surface area (Å²) in [4.78, 5) is 10.9. The van der Waals surface area contributed by atoms with Crippen molar-refractivity contribution < 1.29 is 9.90 Å². The number of halogens is 2. The Hall–Kier alpha value is -1.52. The largest absolute Gasteiger partial charge is 0.478 e. The normalized spacial score (nSPS) is 10.7. The van der Waals surface area contributed by atoms with Crippen LogP contribution in [0.3, 0.4) is 0 Å². The minimum absolute atomic E-state index is 0.0630. The third kappa shape index (κ3) is 2.09. The molecule has 0 bridgehead atoms. The number of nitrogens with zero attached hydrogens (tertiary/aromatic N) is 2. The topological polar surface area (TPSA) is 55.1 Å². The van der Waals surface area contributed by atoms with Crippen LogP contribution in [0.4, 0.5) is 0 Å². The minimum atomic E-state index is -1.06. The number of aromatic nitrogens is 2. The molecule has 0 atom stereocenters. The first-order valence-corrected chi connectivity index (χ1v) is 5.92. The van der Waals surface area contributed by atoms with Gasteiger partial charge in [0.1, 0.15) is 0 Å². The molecule has 18 heavy (non-hydrogen) atoms. The fraction of sp³-hybridized carbons (Fsp3) is 0.167. The summed E-state index contributed by atoms with van der Waals surface area (Å²) in [5.74, 6) is -1.06. The number of hydrogen-bond acceptors (Lipinski definition) is 2. The molecular weight excluding hydrogens is 275 g/mol. The van der Waals surface area contributed by atoms with E-state index >= 15 is 0 Å². The Morgan fingerprint density at radius 3 is 2.44 bits per heavy atom. The molecule has 1 aromatic carbocycles. The zero-order valence-electron chi connectivity index (χ0n) is 9.74. The number of hydrogen-bond donors (Lipinski definition) is 1. The fourth-order valence-corrected chi connectivity index (χ4v) is 2.06. The predicted octanol–water partition coefficient (Wildman–Crippen LogP) is 3.49. The highest BCUT2D eigenvalue weighted by atomic mass is 35.5. The molecule has 94 valence electrons. The highest BCUT2D eigenvalue weighted by Gasteiger charge is 2.13. The molecule has 0 radical (unpaired) electrons. The summed E-state index contributed by atoms with van der Waals surface area (Å²) in [6.07, 6.45) is 0. The molecule has 0 amide bonds. The van der Waals surface area contributed by atoms with Crippen molar-refractivity contribution in [2.24, 2.45) is 0 Å². The summed E-state index contributed by atoms with van der Waals surface area (Å²) in [6.45, 7) is 3.64. The summed E-state index contributed by atoms with van der Waals surface area (Å²) < 4.78 is 1.63. The number of carboxylic acids is 1. The van der Waals surface area contributed by atoms with Gasteiger partial charge in [0.25, 0.3) is 0 Å². The number of carboxylic acid groups (broad SMARTS) is 1. The molecule has 0 saturated carbocycles. The Labute approximate surface area is 114 Å². The second-order valence-corrected chi connectivity index (χ2v) is 4.65. The molecule has 0 spiro atoms. The number of carbonyl (C=O) groups is 1. The molecule has 0 aliphatic heterocycles. The standard InChI is InChI=1S/C12H10Cl2N2O2/c1-6-11(14)7(2)16(15-6)8-3-4-9(12(17)18)10(13)5-8/h3-5H,1-2H3,(H,17,18). The maximum absolute atomic E-state index is 10.9. The van der Waals surface area contributed by atoms with Gasteiger partial charge >= 0.3 is 5.97 Å². The smallest absolute Gasteiger partial charge is 0.337 e. The van der Waals surface area contributed by atoms with Crippen LogP contribution in [-0.4, -0.2) is 20.9 Å². The Morgan fingerprint density at radius 2 is 2.00 bits per heavy atom. The molecule has 1 heterocycles. The minimum Gasteiger partial charge on any atom is -0.478 e. The third-order valence-corrected chi connectivity index (χ3v) is 3.49. The van der Waals surface area contributed by atoms with Gasteiger partial charge in [-0.3, -0.25) is 0 Å². The third-order valence-electron chi connectivity index (χ3n) is 2.63. The Bertz CT molecular complexity index is 635. The first-order chi connectivity index (χ1) is 8.41. The Morgan fingerprint density at radius 1 is 1.33 bits per heavy atom. The average molecular weight is 285 g/mol. The van der Waals surface area contributed by atoms with Crippen molar-refractivity contribution in [1.82, 2.24) is 9.78 Å². The van der Waals surface area contributed by atoms with E-state index in [4.69, 9.17) is 28.3 Å². The van der Waals surface area contributed by atoms with Crippen LogP contribution in [0.1, 0.15) is 21.7 Å². The van der Waals surface area contributed by atoms with Crippen LogP contribution < -0.4 is 0 Å². The van der Waals surface area contributed by atoms with Gasteiger partial charge < -0.3 is 5.11 Å². The summed E-state index contributed by atoms with van der Waals surface area (Å²) in [5.41, 5.74) is 2.24. The second kappa shape index (κ2) is 4.63. The molecule has 0 aliphatic carbocycles. The van der Waals surface area contributed by atoms with Crippen LogP contribution in [0.25, 0.3) is 5.69 Å². The number of rotatable bonds is 2. The van der Waals surface area contributed by atoms with Crippen molar-refractivity contribution in [2.45, 2.75) is 13.8 Å². The summed E-state index contributed by atoms with van der Waals surface area (Å²) in [5, 5.41) is 13.9. The van der Waals surface area contributed by atoms with E-state index in [1.54, 1.807) is 23.7 Å². The maximum atomic E-state index is 10.9. The monoisotopic (exact) mass is 284 g/mol. The van der Waals surface area contributed by atoms with E-state index in [9.17, 15) is 4.79 Å². The van der Waals surface area contributed by atoms with E-state index in [-0.39, 0.29) is 10.6 Å². The van der Waals surface area contributed by atoms with Gasteiger partial charge in [-0.05, 0) is 32.0 Å². The average Bonchev–Trinajstić information content (AvgIpc) is 2.56. The first-order valence-electron chi connectivity index (χ1n) is 5.16. The highest BCUT2D eigenvalue weighted by Crippen LogP contribution is 2.25. The van der Waals surface area contributed by atoms with Crippen LogP contribution in [0, 0.1) is 13.8 Å². The Balaban J connectivity index is 2.55. The number of aromatic carboxylic acids is 1. The lowest BCUT2D eigenvalue weighted by Crippen LogP contribution is -2.02. The van der Waals surface area contributed by atoms with Crippen LogP contribution in [0.5, 0.6) is 0 Å². The van der Waals surface area contributed by atoms with Gasteiger partial charge in [-0.15, -0.1) is 0 Å². The quantitative estimate of drug-likeness (QED) is 0.918. The molecule has 4 nitrogen and oxygen atoms in total. The van der Waals surface area contributed by atoms with E-state index in [1.165, 1.54) is 6.07 Å². The van der Waals surface area contributed by atoms with Gasteiger partial charge in [-0.1, -0.05) is 23.2 Å². The van der Waals surface area contributed by atoms with Gasteiger partial charge in [0.15, 0.2) is 0 Å². The lowest BCUT2D eigenvalue weighted by molar-refractivity contribution is 0.0697. The zero-order valence-corrected chi connectivity index (χ0v) is 11.2. The van der Waals surface area contributed by atoms with Crippen LogP contribution >= 0.6 is 23.2 Å². The van der Waals surface area contributed by atoms with Crippen molar-refractivity contribution in [1.29, 1.82) is 0 Å². The SMILES string of the molecule is Cc1nn(-c2ccc(C(=O)O)c(Cl)c2)c(C)c1Cl. The Kier molecular flexibility index (Phi) is 3.32. The number of benzene rings is 1. The summed E-state index contributed by atoms with van der Waals surface area (Å²) in [7, 11) is 0. The predicted molar refractivity (Wildman–Crippen MR) is 70.0 cm³/mol. The van der Waals surface area contributed by atoms with Crippen LogP contribution in [0.15, 0.2) is 18.2 Å². The van der Waals surface area contributed by atoms with Crippen molar-refractivity contribution in [3.63, 3.8) is 0 Å². The molecule has 2 aromatic rings. The lowest BCUT2D eigenvalue weighted by atomic mass is 10.2. The van der Waals surface area contributed by atoms with Gasteiger partial charge in [-0.2, -0.15) is 5.10 Å². The van der Waals surface area contributed by atoms with Crippen LogP contribution in [-0.2, 0) is 0 Å². The summed E-state index contributed by atoms with van der Waals surface area (Å²) >= 11 is 12.0. The van der Waals surface area contributed by atoms with Gasteiger partial charge in [0.05, 0.1) is 32.7 Å². The van der Waals surface area contributed by atoms with Gasteiger partial charge in [-0.25, -0.2) is 9.48 Å². The molecule has 0 aliphatic rings. The van der Waals surface area contributed by atoms with Crippen molar-refractivity contribution in [3.05, 3.63) is 45.2 Å². The van der Waals surface area contributed by atoms with Crippen LogP contribution in [0.2, 0.25) is 10.0 Å². The molecule has 0 fully saturated rings. The molecule has 0 saturated heterocycles. The van der Waals surface area contributed by atoms with E-state index in [2.05, 4.69) is 5.10 Å². The van der Waals surface area contributed by atoms with E-state index in [0.29, 0.717) is 16.4 Å². The van der Waals surface area contributed by atoms with E-state index in [1.807, 2.05) is 6.92 Å². The van der Waals surface area contributed by atoms with E-state index in [0.717, 1.165) is 5.69 Å². The number of aryl methyl sites for hydroxylation is 1. The first kappa shape index (κ1) is 12.9. The van der Waals surface area contributed by atoms with Gasteiger partial charge in [0.2, 0.25) is 0 Å². The molecule has 2 rings (SSSR count). The molecule has 6 heteroatoms. The maximum Gasteiger partial charge on any atom is 0.337 e. The van der Waals surface area contributed by atoms with Gasteiger partial charge in [0, 0.05) is 0 Å². The fourth-order valence-electron chi connectivity index (χ4n) is 1.68. The lowest BCUT2D eigenvalue weighted by Gasteiger charge is -2.06. The van der Waals surface area contributed by atoms with Crippen molar-refractivity contribution >= 4 is 29.2 Å². The van der Waals surface area contributed by atoms with E-state index < -0.39 is 5.97 Å². The van der Waals surface area contributed by atoms with Crippen molar-refractivity contribution in [2.75, 3.05) is 0 Å². The zero-order chi connectivity index (χ0) is 13.4. The summed E-state index contributed by atoms with van der Waals surface area (Å²) in [6, 6.07) is 4.65. The molecule has 0 unspecified atom stereocenters. The van der Waals surface area contributed by atoms with Crippen molar-refractivity contribution in [3.8, 4) is 5.69 Å². The highest BCUT2D eigenvalue weighted by molar-refractivity contribution is 6.33.